The van der Waals surface area contributed by atoms with Crippen LogP contribution < -0.4 is 0 Å². The number of rotatable bonds is 4. The molecule has 11 rings (SSSR count). The fraction of sp³-hybridized carbons (Fsp3) is 0.214. The van der Waals surface area contributed by atoms with Crippen molar-refractivity contribution in [2.24, 2.45) is 11.8 Å². The van der Waals surface area contributed by atoms with E-state index in [1.807, 2.05) is 18.2 Å². The van der Waals surface area contributed by atoms with Crippen molar-refractivity contribution in [2.75, 3.05) is 0 Å². The molecule has 0 amide bonds. The molecule has 0 N–H and O–H groups in total. The largest absolute Gasteiger partial charge is 0.456 e. The lowest BCUT2D eigenvalue weighted by molar-refractivity contribution is 0.166. The molecule has 7 aromatic rings. The van der Waals surface area contributed by atoms with E-state index in [1.54, 1.807) is 11.1 Å². The highest BCUT2D eigenvalue weighted by molar-refractivity contribution is 6.06. The van der Waals surface area contributed by atoms with Crippen molar-refractivity contribution in [1.29, 1.82) is 0 Å². The van der Waals surface area contributed by atoms with Crippen LogP contribution >= 0.6 is 0 Å². The van der Waals surface area contributed by atoms with Gasteiger partial charge in [0.05, 0.1) is 0 Å². The summed E-state index contributed by atoms with van der Waals surface area (Å²) in [5.74, 6) is 5.23. The Labute approximate surface area is 268 Å². The van der Waals surface area contributed by atoms with Crippen molar-refractivity contribution in [2.45, 2.75) is 43.9 Å². The van der Waals surface area contributed by atoms with Crippen LogP contribution in [0, 0.1) is 11.8 Å². The Morgan fingerprint density at radius 3 is 1.78 bits per heavy atom. The van der Waals surface area contributed by atoms with Crippen LogP contribution in [0.1, 0.15) is 55.1 Å². The number of aromatic nitrogens is 3. The van der Waals surface area contributed by atoms with Gasteiger partial charge in [-0.25, -0.2) is 15.0 Å². The molecule has 222 valence electrons. The molecular formula is C42H33N3O. The van der Waals surface area contributed by atoms with E-state index in [-0.39, 0.29) is 0 Å². The minimum atomic E-state index is 0.659. The molecule has 4 aliphatic rings. The summed E-state index contributed by atoms with van der Waals surface area (Å²) < 4.78 is 6.14. The standard InChI is InChI=1S/C42H33N3O/c1-2-7-27(8-3-1)28-9-6-10-29(22-28)40-43-41(30-13-15-34-32-18-25-17-26(19-32)21-33(20-25)36(34)23-30)45-42(44-40)31-14-16-39-37(24-31)35-11-4-5-12-38(35)46-39/h1-16,22-26,32-33H,17-21H2. The smallest absolute Gasteiger partial charge is 0.164 e. The summed E-state index contributed by atoms with van der Waals surface area (Å²) in [7, 11) is 0. The maximum Gasteiger partial charge on any atom is 0.164 e. The maximum absolute atomic E-state index is 6.14. The zero-order chi connectivity index (χ0) is 30.2. The molecule has 4 heteroatoms. The highest BCUT2D eigenvalue weighted by atomic mass is 16.3. The third-order valence-corrected chi connectivity index (χ3v) is 10.9. The Hall–Kier alpha value is -5.09. The average molecular weight is 596 g/mol. The van der Waals surface area contributed by atoms with E-state index in [4.69, 9.17) is 19.4 Å². The van der Waals surface area contributed by atoms with E-state index in [0.29, 0.717) is 23.5 Å². The predicted molar refractivity (Wildman–Crippen MR) is 184 cm³/mol. The molecule has 2 aromatic heterocycles. The number of fused-ring (bicyclic) bond motifs is 3. The van der Waals surface area contributed by atoms with Crippen molar-refractivity contribution in [3.05, 3.63) is 126 Å². The predicted octanol–water partition coefficient (Wildman–Crippen LogP) is 10.8. The average Bonchev–Trinajstić information content (AvgIpc) is 3.40. The third kappa shape index (κ3) is 4.31. The minimum Gasteiger partial charge on any atom is -0.456 e. The van der Waals surface area contributed by atoms with Crippen LogP contribution in [0.4, 0.5) is 0 Å². The molecule has 0 aliphatic heterocycles. The summed E-state index contributed by atoms with van der Waals surface area (Å²) in [4.78, 5) is 15.5. The Morgan fingerprint density at radius 2 is 1.00 bits per heavy atom. The van der Waals surface area contributed by atoms with Crippen LogP contribution in [-0.2, 0) is 0 Å². The summed E-state index contributed by atoms with van der Waals surface area (Å²) in [6.45, 7) is 0. The molecule has 2 saturated carbocycles. The number of nitrogens with zero attached hydrogens (tertiary/aromatic N) is 3. The van der Waals surface area contributed by atoms with Gasteiger partial charge in [0.25, 0.3) is 0 Å². The highest BCUT2D eigenvalue weighted by Gasteiger charge is 2.42. The van der Waals surface area contributed by atoms with Gasteiger partial charge in [-0.1, -0.05) is 78.9 Å². The maximum atomic E-state index is 6.14. The van der Waals surface area contributed by atoms with Crippen molar-refractivity contribution in [3.63, 3.8) is 0 Å². The summed E-state index contributed by atoms with van der Waals surface area (Å²) in [6, 6.07) is 40.6. The van der Waals surface area contributed by atoms with E-state index < -0.39 is 0 Å². The molecule has 4 aliphatic carbocycles. The minimum absolute atomic E-state index is 0.659. The molecule has 2 unspecified atom stereocenters. The normalized spacial score (nSPS) is 21.5. The van der Waals surface area contributed by atoms with Gasteiger partial charge in [-0.3, -0.25) is 0 Å². The van der Waals surface area contributed by atoms with Crippen LogP contribution in [0.3, 0.4) is 0 Å². The molecule has 0 spiro atoms. The van der Waals surface area contributed by atoms with Crippen LogP contribution in [0.5, 0.6) is 0 Å². The SMILES string of the molecule is c1ccc(-c2cccc(-c3nc(-c4ccc5c(c4)C4CC6CC(CC5C6)C4)nc(-c4ccc5oc6ccccc6c5c4)n3)c2)cc1. The number of hydrogen-bond acceptors (Lipinski definition) is 4. The second kappa shape index (κ2) is 10.2. The Bertz CT molecular complexity index is 2270. The number of hydrogen-bond donors (Lipinski definition) is 0. The van der Waals surface area contributed by atoms with Gasteiger partial charge in [0.2, 0.25) is 0 Å². The van der Waals surface area contributed by atoms with E-state index >= 15 is 0 Å². The molecule has 2 fully saturated rings. The van der Waals surface area contributed by atoms with Crippen molar-refractivity contribution >= 4 is 21.9 Å². The lowest BCUT2D eigenvalue weighted by atomic mass is 9.67. The molecule has 4 nitrogen and oxygen atoms in total. The van der Waals surface area contributed by atoms with E-state index in [0.717, 1.165) is 61.9 Å². The first-order chi connectivity index (χ1) is 22.7. The van der Waals surface area contributed by atoms with Crippen molar-refractivity contribution in [3.8, 4) is 45.3 Å². The van der Waals surface area contributed by atoms with Crippen LogP contribution in [0.15, 0.2) is 120 Å². The van der Waals surface area contributed by atoms with Gasteiger partial charge in [-0.05, 0) is 114 Å². The zero-order valence-corrected chi connectivity index (χ0v) is 25.6. The molecule has 2 heterocycles. The second-order valence-electron chi connectivity index (χ2n) is 13.7. The zero-order valence-electron chi connectivity index (χ0n) is 25.6. The lowest BCUT2D eigenvalue weighted by Crippen LogP contribution is -2.25. The van der Waals surface area contributed by atoms with Gasteiger partial charge in [0, 0.05) is 27.5 Å². The first-order valence-corrected chi connectivity index (χ1v) is 16.7. The summed E-state index contributed by atoms with van der Waals surface area (Å²) in [5.41, 5.74) is 10.2. The van der Waals surface area contributed by atoms with E-state index in [9.17, 15) is 0 Å². The van der Waals surface area contributed by atoms with Crippen LogP contribution in [-0.4, -0.2) is 15.0 Å². The van der Waals surface area contributed by atoms with Gasteiger partial charge in [0.15, 0.2) is 17.5 Å². The Balaban J connectivity index is 1.14. The Kier molecular flexibility index (Phi) is 5.81. The first-order valence-electron chi connectivity index (χ1n) is 16.7. The molecule has 46 heavy (non-hydrogen) atoms. The summed E-state index contributed by atoms with van der Waals surface area (Å²) >= 11 is 0. The number of furan rings is 1. The first kappa shape index (κ1) is 26.2. The fourth-order valence-corrected chi connectivity index (χ4v) is 8.89. The summed E-state index contributed by atoms with van der Waals surface area (Å²) in [6.07, 6.45) is 6.83. The molecule has 5 aromatic carbocycles. The van der Waals surface area contributed by atoms with E-state index in [2.05, 4.69) is 97.1 Å². The van der Waals surface area contributed by atoms with Crippen molar-refractivity contribution < 1.29 is 4.42 Å². The van der Waals surface area contributed by atoms with Gasteiger partial charge in [0.1, 0.15) is 11.2 Å². The summed E-state index contributed by atoms with van der Waals surface area (Å²) in [5, 5.41) is 2.16. The van der Waals surface area contributed by atoms with Gasteiger partial charge in [-0.2, -0.15) is 0 Å². The monoisotopic (exact) mass is 595 g/mol. The van der Waals surface area contributed by atoms with Gasteiger partial charge >= 0.3 is 0 Å². The van der Waals surface area contributed by atoms with Gasteiger partial charge in [-0.15, -0.1) is 0 Å². The Morgan fingerprint density at radius 1 is 0.413 bits per heavy atom. The molecule has 2 atom stereocenters. The van der Waals surface area contributed by atoms with Crippen LogP contribution in [0.25, 0.3) is 67.2 Å². The van der Waals surface area contributed by atoms with E-state index in [1.165, 1.54) is 37.7 Å². The number of benzene rings is 5. The fourth-order valence-electron chi connectivity index (χ4n) is 8.89. The highest BCUT2D eigenvalue weighted by Crippen LogP contribution is 2.56. The molecule has 4 bridgehead atoms. The van der Waals surface area contributed by atoms with Crippen molar-refractivity contribution in [1.82, 2.24) is 15.0 Å². The lowest BCUT2D eigenvalue weighted by Gasteiger charge is -2.38. The second-order valence-corrected chi connectivity index (χ2v) is 13.7. The molecule has 0 radical (unpaired) electrons. The third-order valence-electron chi connectivity index (χ3n) is 10.9. The van der Waals surface area contributed by atoms with Crippen LogP contribution in [0.2, 0.25) is 0 Å². The quantitative estimate of drug-likeness (QED) is 0.203. The molecular weight excluding hydrogens is 562 g/mol. The topological polar surface area (TPSA) is 51.8 Å². The van der Waals surface area contributed by atoms with Gasteiger partial charge < -0.3 is 4.42 Å². The molecule has 0 saturated heterocycles. The number of para-hydroxylation sites is 1.